The molecule has 0 N–H and O–H groups in total. The summed E-state index contributed by atoms with van der Waals surface area (Å²) < 4.78 is 0. The van der Waals surface area contributed by atoms with Gasteiger partial charge in [0.1, 0.15) is 6.29 Å². The van der Waals surface area contributed by atoms with Gasteiger partial charge in [0.25, 0.3) is 0 Å². The molecule has 0 aliphatic carbocycles. The average molecular weight is 218 g/mol. The molecular weight excluding hydrogens is 196 g/mol. The van der Waals surface area contributed by atoms with Crippen molar-refractivity contribution in [3.8, 4) is 0 Å². The summed E-state index contributed by atoms with van der Waals surface area (Å²) in [5, 5.41) is 0. The van der Waals surface area contributed by atoms with Crippen LogP contribution in [0.4, 0.5) is 0 Å². The second kappa shape index (κ2) is 7.21. The van der Waals surface area contributed by atoms with Gasteiger partial charge in [-0.2, -0.15) is 0 Å². The summed E-state index contributed by atoms with van der Waals surface area (Å²) in [7, 11) is 0. The minimum Gasteiger partial charge on any atom is -0.298 e. The van der Waals surface area contributed by atoms with E-state index >= 15 is 0 Å². The monoisotopic (exact) mass is 218 g/mol. The Morgan fingerprint density at radius 1 is 1.19 bits per heavy atom. The van der Waals surface area contributed by atoms with E-state index < -0.39 is 0 Å². The maximum absolute atomic E-state index is 10.5. The zero-order valence-corrected chi connectivity index (χ0v) is 10.4. The summed E-state index contributed by atoms with van der Waals surface area (Å²) in [5.74, 6) is 0.811. The molecule has 1 rings (SSSR count). The van der Waals surface area contributed by atoms with Gasteiger partial charge in [0, 0.05) is 5.56 Å². The van der Waals surface area contributed by atoms with E-state index in [1.807, 2.05) is 12.1 Å². The number of benzene rings is 1. The standard InChI is InChI=1S/C15H22O/c1-3-4-5-13(2)6-7-14-8-10-15(12-16)11-9-14/h8-13H,3-7H2,1-2H3/t13-/m0/s1. The molecule has 0 aliphatic heterocycles. The molecule has 0 bridgehead atoms. The van der Waals surface area contributed by atoms with Crippen LogP contribution < -0.4 is 0 Å². The number of aryl methyl sites for hydroxylation is 1. The van der Waals surface area contributed by atoms with E-state index in [-0.39, 0.29) is 0 Å². The molecule has 0 fully saturated rings. The second-order valence-electron chi connectivity index (χ2n) is 4.65. The van der Waals surface area contributed by atoms with Crippen LogP contribution in [0.15, 0.2) is 24.3 Å². The van der Waals surface area contributed by atoms with Crippen molar-refractivity contribution in [2.75, 3.05) is 0 Å². The van der Waals surface area contributed by atoms with Crippen molar-refractivity contribution >= 4 is 6.29 Å². The van der Waals surface area contributed by atoms with Gasteiger partial charge in [-0.3, -0.25) is 4.79 Å². The van der Waals surface area contributed by atoms with E-state index in [2.05, 4.69) is 26.0 Å². The minimum absolute atomic E-state index is 0.766. The first kappa shape index (κ1) is 13.0. The Balaban J connectivity index is 2.33. The van der Waals surface area contributed by atoms with Crippen LogP contribution in [0.2, 0.25) is 0 Å². The van der Waals surface area contributed by atoms with Crippen LogP contribution in [-0.2, 0) is 6.42 Å². The van der Waals surface area contributed by atoms with Gasteiger partial charge in [0.15, 0.2) is 0 Å². The Kier molecular flexibility index (Phi) is 5.84. The van der Waals surface area contributed by atoms with Gasteiger partial charge in [-0.25, -0.2) is 0 Å². The number of unbranched alkanes of at least 4 members (excludes halogenated alkanes) is 1. The molecular formula is C15H22O. The van der Waals surface area contributed by atoms with Gasteiger partial charge in [0.2, 0.25) is 0 Å². The van der Waals surface area contributed by atoms with Gasteiger partial charge >= 0.3 is 0 Å². The normalized spacial score (nSPS) is 12.4. The molecule has 0 saturated heterocycles. The molecule has 0 aliphatic rings. The highest BCUT2D eigenvalue weighted by Gasteiger charge is 2.02. The number of aldehydes is 1. The van der Waals surface area contributed by atoms with Crippen LogP contribution in [0.1, 0.15) is 55.5 Å². The number of rotatable bonds is 7. The number of carbonyl (C=O) groups excluding carboxylic acids is 1. The highest BCUT2D eigenvalue weighted by atomic mass is 16.1. The quantitative estimate of drug-likeness (QED) is 0.625. The smallest absolute Gasteiger partial charge is 0.150 e. The SMILES string of the molecule is CCCC[C@H](C)CCc1ccc(C=O)cc1. The highest BCUT2D eigenvalue weighted by Crippen LogP contribution is 2.15. The Labute approximate surface area is 98.9 Å². The van der Waals surface area contributed by atoms with Crippen molar-refractivity contribution in [3.63, 3.8) is 0 Å². The molecule has 1 nitrogen and oxygen atoms in total. The Hall–Kier alpha value is -1.11. The Morgan fingerprint density at radius 3 is 2.44 bits per heavy atom. The van der Waals surface area contributed by atoms with Gasteiger partial charge < -0.3 is 0 Å². The number of hydrogen-bond acceptors (Lipinski definition) is 1. The van der Waals surface area contributed by atoms with Crippen molar-refractivity contribution in [2.24, 2.45) is 5.92 Å². The van der Waals surface area contributed by atoms with Crippen LogP contribution >= 0.6 is 0 Å². The fraction of sp³-hybridized carbons (Fsp3) is 0.533. The molecule has 0 unspecified atom stereocenters. The molecule has 16 heavy (non-hydrogen) atoms. The van der Waals surface area contributed by atoms with E-state index in [9.17, 15) is 4.79 Å². The van der Waals surface area contributed by atoms with E-state index in [4.69, 9.17) is 0 Å². The summed E-state index contributed by atoms with van der Waals surface area (Å²) in [6.07, 6.45) is 7.24. The predicted molar refractivity (Wildman–Crippen MR) is 68.8 cm³/mol. The molecule has 88 valence electrons. The summed E-state index contributed by atoms with van der Waals surface area (Å²) in [5.41, 5.74) is 2.11. The Morgan fingerprint density at radius 2 is 1.88 bits per heavy atom. The summed E-state index contributed by atoms with van der Waals surface area (Å²) in [6.45, 7) is 4.57. The first-order valence-corrected chi connectivity index (χ1v) is 6.30. The summed E-state index contributed by atoms with van der Waals surface area (Å²) in [6, 6.07) is 7.94. The topological polar surface area (TPSA) is 17.1 Å². The molecule has 0 amide bonds. The predicted octanol–water partition coefficient (Wildman–Crippen LogP) is 4.26. The first-order valence-electron chi connectivity index (χ1n) is 6.30. The molecule has 0 heterocycles. The van der Waals surface area contributed by atoms with Crippen LogP contribution in [0, 0.1) is 5.92 Å². The zero-order chi connectivity index (χ0) is 11.8. The van der Waals surface area contributed by atoms with E-state index in [0.717, 1.165) is 24.2 Å². The third-order valence-corrected chi connectivity index (χ3v) is 3.09. The van der Waals surface area contributed by atoms with Crippen LogP contribution in [-0.4, -0.2) is 6.29 Å². The molecule has 0 aromatic heterocycles. The van der Waals surface area contributed by atoms with Crippen molar-refractivity contribution in [2.45, 2.75) is 46.0 Å². The molecule has 1 heteroatoms. The molecule has 1 atom stereocenters. The lowest BCUT2D eigenvalue weighted by atomic mass is 9.96. The molecule has 0 spiro atoms. The minimum atomic E-state index is 0.766. The largest absolute Gasteiger partial charge is 0.298 e. The Bertz CT molecular complexity index is 300. The van der Waals surface area contributed by atoms with Crippen molar-refractivity contribution in [3.05, 3.63) is 35.4 Å². The molecule has 1 aromatic carbocycles. The van der Waals surface area contributed by atoms with Crippen molar-refractivity contribution in [1.29, 1.82) is 0 Å². The van der Waals surface area contributed by atoms with E-state index in [1.54, 1.807) is 0 Å². The lowest BCUT2D eigenvalue weighted by Crippen LogP contribution is -1.97. The van der Waals surface area contributed by atoms with Crippen molar-refractivity contribution in [1.82, 2.24) is 0 Å². The third-order valence-electron chi connectivity index (χ3n) is 3.09. The molecule has 1 aromatic rings. The maximum atomic E-state index is 10.5. The average Bonchev–Trinajstić information content (AvgIpc) is 2.34. The van der Waals surface area contributed by atoms with Crippen LogP contribution in [0.3, 0.4) is 0 Å². The van der Waals surface area contributed by atoms with Gasteiger partial charge in [-0.15, -0.1) is 0 Å². The van der Waals surface area contributed by atoms with Gasteiger partial charge in [0.05, 0.1) is 0 Å². The third kappa shape index (κ3) is 4.61. The fourth-order valence-electron chi connectivity index (χ4n) is 1.87. The lowest BCUT2D eigenvalue weighted by Gasteiger charge is -2.10. The van der Waals surface area contributed by atoms with E-state index in [1.165, 1.54) is 31.2 Å². The summed E-state index contributed by atoms with van der Waals surface area (Å²) >= 11 is 0. The maximum Gasteiger partial charge on any atom is 0.150 e. The van der Waals surface area contributed by atoms with Gasteiger partial charge in [-0.1, -0.05) is 57.4 Å². The van der Waals surface area contributed by atoms with Gasteiger partial charge in [-0.05, 0) is 24.3 Å². The number of carbonyl (C=O) groups is 1. The molecule has 0 radical (unpaired) electrons. The number of hydrogen-bond donors (Lipinski definition) is 0. The van der Waals surface area contributed by atoms with Crippen molar-refractivity contribution < 1.29 is 4.79 Å². The van der Waals surface area contributed by atoms with E-state index in [0.29, 0.717) is 0 Å². The highest BCUT2D eigenvalue weighted by molar-refractivity contribution is 5.74. The zero-order valence-electron chi connectivity index (χ0n) is 10.4. The second-order valence-corrected chi connectivity index (χ2v) is 4.65. The fourth-order valence-corrected chi connectivity index (χ4v) is 1.87. The summed E-state index contributed by atoms with van der Waals surface area (Å²) in [4.78, 5) is 10.5. The first-order chi connectivity index (χ1) is 7.76. The van der Waals surface area contributed by atoms with Crippen LogP contribution in [0.5, 0.6) is 0 Å². The molecule has 0 saturated carbocycles. The van der Waals surface area contributed by atoms with Crippen LogP contribution in [0.25, 0.3) is 0 Å². The lowest BCUT2D eigenvalue weighted by molar-refractivity contribution is 0.112.